The molecule has 1 amide bonds. The molecule has 0 aliphatic carbocycles. The van der Waals surface area contributed by atoms with Crippen molar-refractivity contribution < 1.29 is 17.6 Å². The van der Waals surface area contributed by atoms with Crippen LogP contribution in [-0.4, -0.2) is 24.1 Å². The second-order valence-electron chi connectivity index (χ2n) is 7.48. The predicted octanol–water partition coefficient (Wildman–Crippen LogP) is 3.40. The van der Waals surface area contributed by atoms with E-state index in [9.17, 15) is 17.6 Å². The summed E-state index contributed by atoms with van der Waals surface area (Å²) in [5.74, 6) is -0.970. The van der Waals surface area contributed by atoms with Crippen LogP contribution in [0.25, 0.3) is 16.9 Å². The van der Waals surface area contributed by atoms with Crippen LogP contribution in [0.1, 0.15) is 21.5 Å². The van der Waals surface area contributed by atoms with Crippen molar-refractivity contribution in [3.05, 3.63) is 108 Å². The molecule has 0 spiro atoms. The minimum atomic E-state index is -3.61. The van der Waals surface area contributed by atoms with Gasteiger partial charge in [-0.25, -0.2) is 22.6 Å². The summed E-state index contributed by atoms with van der Waals surface area (Å²) in [6.45, 7) is 0.230. The first-order chi connectivity index (χ1) is 15.8. The molecule has 1 aromatic heterocycles. The lowest BCUT2D eigenvalue weighted by Crippen LogP contribution is -2.23. The van der Waals surface area contributed by atoms with Crippen molar-refractivity contribution in [2.75, 3.05) is 0 Å². The minimum Gasteiger partial charge on any atom is -0.348 e. The average Bonchev–Trinajstić information content (AvgIpc) is 3.24. The monoisotopic (exact) mass is 464 g/mol. The van der Waals surface area contributed by atoms with Crippen molar-refractivity contribution in [3.8, 4) is 16.9 Å². The van der Waals surface area contributed by atoms with Gasteiger partial charge in [0, 0.05) is 18.3 Å². The number of nitrogens with one attached hydrogen (secondary N) is 1. The first kappa shape index (κ1) is 22.4. The quantitative estimate of drug-likeness (QED) is 0.437. The number of hydrogen-bond donors (Lipinski definition) is 2. The van der Waals surface area contributed by atoms with E-state index in [0.717, 1.165) is 11.3 Å². The topological polar surface area (TPSA) is 107 Å². The third-order valence-electron chi connectivity index (χ3n) is 4.94. The number of aromatic nitrogens is 2. The Hall–Kier alpha value is -3.82. The first-order valence-electron chi connectivity index (χ1n) is 10.1. The van der Waals surface area contributed by atoms with Crippen molar-refractivity contribution in [3.63, 3.8) is 0 Å². The van der Waals surface area contributed by atoms with Crippen LogP contribution < -0.4 is 10.5 Å². The van der Waals surface area contributed by atoms with Gasteiger partial charge in [0.15, 0.2) is 0 Å². The molecule has 0 atom stereocenters. The molecule has 9 heteroatoms. The normalized spacial score (nSPS) is 11.3. The number of nitrogens with zero attached hydrogens (tertiary/aromatic N) is 2. The van der Waals surface area contributed by atoms with Gasteiger partial charge in [0.1, 0.15) is 11.5 Å². The molecule has 0 aliphatic heterocycles. The Balaban J connectivity index is 1.57. The van der Waals surface area contributed by atoms with E-state index in [1.807, 2.05) is 30.3 Å². The fraction of sp³-hybridized carbons (Fsp3) is 0.0833. The molecule has 0 aliphatic rings. The summed E-state index contributed by atoms with van der Waals surface area (Å²) in [4.78, 5) is 13.0. The van der Waals surface area contributed by atoms with Crippen molar-refractivity contribution in [2.24, 2.45) is 5.14 Å². The number of rotatable bonds is 7. The molecule has 0 unspecified atom stereocenters. The number of carbonyl (C=O) groups excluding carboxylic acids is 1. The van der Waals surface area contributed by atoms with E-state index in [-0.39, 0.29) is 24.0 Å². The summed E-state index contributed by atoms with van der Waals surface area (Å²) < 4.78 is 37.5. The Morgan fingerprint density at radius 2 is 1.58 bits per heavy atom. The highest BCUT2D eigenvalue weighted by atomic mass is 32.2. The van der Waals surface area contributed by atoms with E-state index in [2.05, 4.69) is 10.4 Å². The fourth-order valence-electron chi connectivity index (χ4n) is 3.34. The maximum absolute atomic E-state index is 13.4. The lowest BCUT2D eigenvalue weighted by atomic mass is 10.1. The second kappa shape index (κ2) is 9.35. The van der Waals surface area contributed by atoms with Crippen LogP contribution in [0, 0.1) is 5.82 Å². The summed E-state index contributed by atoms with van der Waals surface area (Å²) in [5, 5.41) is 12.5. The van der Waals surface area contributed by atoms with E-state index in [1.54, 1.807) is 47.3 Å². The number of sulfonamides is 1. The Morgan fingerprint density at radius 3 is 2.21 bits per heavy atom. The molecule has 33 heavy (non-hydrogen) atoms. The Labute approximate surface area is 190 Å². The molecular formula is C24H21FN4O3S. The van der Waals surface area contributed by atoms with Gasteiger partial charge >= 0.3 is 0 Å². The van der Waals surface area contributed by atoms with E-state index in [4.69, 9.17) is 5.14 Å². The van der Waals surface area contributed by atoms with Gasteiger partial charge in [-0.2, -0.15) is 5.10 Å². The molecule has 168 valence electrons. The molecule has 0 radical (unpaired) electrons. The van der Waals surface area contributed by atoms with Gasteiger partial charge in [-0.05, 0) is 47.5 Å². The van der Waals surface area contributed by atoms with E-state index < -0.39 is 10.0 Å². The lowest BCUT2D eigenvalue weighted by molar-refractivity contribution is 0.0951. The van der Waals surface area contributed by atoms with Crippen molar-refractivity contribution in [2.45, 2.75) is 12.3 Å². The van der Waals surface area contributed by atoms with Gasteiger partial charge in [-0.1, -0.05) is 42.5 Å². The second-order valence-corrected chi connectivity index (χ2v) is 9.10. The number of nitrogens with two attached hydrogens (primary N) is 1. The highest BCUT2D eigenvalue weighted by Gasteiger charge is 2.19. The summed E-state index contributed by atoms with van der Waals surface area (Å²) >= 11 is 0. The molecule has 7 nitrogen and oxygen atoms in total. The van der Waals surface area contributed by atoms with Crippen LogP contribution >= 0.6 is 0 Å². The van der Waals surface area contributed by atoms with Gasteiger partial charge in [0.25, 0.3) is 5.91 Å². The molecule has 0 fully saturated rings. The average molecular weight is 465 g/mol. The maximum Gasteiger partial charge on any atom is 0.255 e. The van der Waals surface area contributed by atoms with Gasteiger partial charge in [-0.15, -0.1) is 0 Å². The van der Waals surface area contributed by atoms with Crippen LogP contribution in [0.15, 0.2) is 85.1 Å². The van der Waals surface area contributed by atoms with Crippen LogP contribution in [0.2, 0.25) is 0 Å². The molecule has 1 heterocycles. The molecule has 0 saturated carbocycles. The molecule has 3 aromatic carbocycles. The summed E-state index contributed by atoms with van der Waals surface area (Å²) in [5.41, 5.74) is 3.53. The molecule has 0 bridgehead atoms. The number of amides is 1. The molecule has 3 N–H and O–H groups in total. The van der Waals surface area contributed by atoms with E-state index in [0.29, 0.717) is 22.4 Å². The number of benzene rings is 3. The minimum absolute atomic E-state index is 0.230. The number of primary sulfonamides is 1. The maximum atomic E-state index is 13.4. The van der Waals surface area contributed by atoms with Crippen molar-refractivity contribution in [1.82, 2.24) is 15.1 Å². The number of hydrogen-bond acceptors (Lipinski definition) is 4. The standard InChI is InChI=1S/C24H21FN4O3S/c25-20-12-10-19(11-13-20)23-22(15-29(28-23)21-4-2-1-3-5-21)24(30)27-14-17-6-8-18(9-7-17)16-33(26,31)32/h1-13,15H,14,16H2,(H,27,30)(H2,26,31,32). The summed E-state index contributed by atoms with van der Waals surface area (Å²) in [7, 11) is -3.61. The molecular weight excluding hydrogens is 443 g/mol. The summed E-state index contributed by atoms with van der Waals surface area (Å²) in [6.07, 6.45) is 1.64. The predicted molar refractivity (Wildman–Crippen MR) is 123 cm³/mol. The zero-order valence-electron chi connectivity index (χ0n) is 17.5. The Bertz CT molecular complexity index is 1370. The zero-order chi connectivity index (χ0) is 23.4. The molecule has 4 aromatic rings. The van der Waals surface area contributed by atoms with Crippen LogP contribution in [0.4, 0.5) is 4.39 Å². The van der Waals surface area contributed by atoms with Crippen molar-refractivity contribution >= 4 is 15.9 Å². The zero-order valence-corrected chi connectivity index (χ0v) is 18.3. The Morgan fingerprint density at radius 1 is 0.939 bits per heavy atom. The largest absolute Gasteiger partial charge is 0.348 e. The highest BCUT2D eigenvalue weighted by molar-refractivity contribution is 7.88. The van der Waals surface area contributed by atoms with E-state index >= 15 is 0 Å². The van der Waals surface area contributed by atoms with Gasteiger partial charge < -0.3 is 5.32 Å². The van der Waals surface area contributed by atoms with Gasteiger partial charge in [-0.3, -0.25) is 4.79 Å². The number of halogens is 1. The summed E-state index contributed by atoms with van der Waals surface area (Å²) in [6, 6.07) is 21.9. The Kier molecular flexibility index (Phi) is 6.34. The third kappa shape index (κ3) is 5.71. The molecule has 0 saturated heterocycles. The van der Waals surface area contributed by atoms with Crippen molar-refractivity contribution in [1.29, 1.82) is 0 Å². The van der Waals surface area contributed by atoms with Crippen LogP contribution in [-0.2, 0) is 22.3 Å². The number of carbonyl (C=O) groups is 1. The highest BCUT2D eigenvalue weighted by Crippen LogP contribution is 2.24. The van der Waals surface area contributed by atoms with Crippen LogP contribution in [0.5, 0.6) is 0 Å². The van der Waals surface area contributed by atoms with Crippen LogP contribution in [0.3, 0.4) is 0 Å². The first-order valence-corrected chi connectivity index (χ1v) is 11.8. The van der Waals surface area contributed by atoms with Gasteiger partial charge in [0.05, 0.1) is 17.0 Å². The van der Waals surface area contributed by atoms with Gasteiger partial charge in [0.2, 0.25) is 10.0 Å². The smallest absolute Gasteiger partial charge is 0.255 e. The van der Waals surface area contributed by atoms with E-state index in [1.165, 1.54) is 12.1 Å². The lowest BCUT2D eigenvalue weighted by Gasteiger charge is -2.07. The third-order valence-corrected chi connectivity index (χ3v) is 5.68. The fourth-order valence-corrected chi connectivity index (χ4v) is 3.99. The SMILES string of the molecule is NS(=O)(=O)Cc1ccc(CNC(=O)c2cn(-c3ccccc3)nc2-c2ccc(F)cc2)cc1. The molecule has 4 rings (SSSR count). The number of para-hydroxylation sites is 1.